The van der Waals surface area contributed by atoms with E-state index in [9.17, 15) is 0 Å². The van der Waals surface area contributed by atoms with Crippen LogP contribution in [0, 0.1) is 5.92 Å². The third-order valence-electron chi connectivity index (χ3n) is 4.51. The van der Waals surface area contributed by atoms with Crippen LogP contribution in [-0.2, 0) is 6.42 Å². The van der Waals surface area contributed by atoms with Gasteiger partial charge in [-0.25, -0.2) is 0 Å². The molecule has 0 bridgehead atoms. The fourth-order valence-corrected chi connectivity index (χ4v) is 3.56. The zero-order valence-corrected chi connectivity index (χ0v) is 10.7. The Bertz CT molecular complexity index is 415. The number of methoxy groups -OCH3 is 1. The van der Waals surface area contributed by atoms with E-state index in [0.29, 0.717) is 0 Å². The van der Waals surface area contributed by atoms with Gasteiger partial charge in [-0.05, 0) is 60.9 Å². The van der Waals surface area contributed by atoms with Crippen molar-refractivity contribution in [3.8, 4) is 5.75 Å². The van der Waals surface area contributed by atoms with Gasteiger partial charge in [-0.2, -0.15) is 0 Å². The van der Waals surface area contributed by atoms with E-state index in [2.05, 4.69) is 30.4 Å². The Morgan fingerprint density at radius 1 is 1.41 bits per heavy atom. The molecule has 2 aliphatic carbocycles. The molecule has 3 atom stereocenters. The molecule has 0 aliphatic heterocycles. The van der Waals surface area contributed by atoms with Gasteiger partial charge < -0.3 is 10.1 Å². The van der Waals surface area contributed by atoms with Gasteiger partial charge in [-0.3, -0.25) is 0 Å². The second kappa shape index (κ2) is 4.34. The summed E-state index contributed by atoms with van der Waals surface area (Å²) in [6.45, 7) is 3.30. The maximum Gasteiger partial charge on any atom is 0.119 e. The molecular weight excluding hydrogens is 210 g/mol. The molecule has 2 aliphatic rings. The van der Waals surface area contributed by atoms with Gasteiger partial charge in [-0.1, -0.05) is 13.0 Å². The Hall–Kier alpha value is -1.02. The second-order valence-electron chi connectivity index (χ2n) is 5.27. The smallest absolute Gasteiger partial charge is 0.119 e. The standard InChI is InChI=1S/C15H21NO/c1-3-16-15-9-14-12(15)7-5-10-4-6-11(17-2)8-13(10)14/h4,6,8,12,14-16H,3,5,7,9H2,1-2H3. The first-order chi connectivity index (χ1) is 8.33. The van der Waals surface area contributed by atoms with Crippen molar-refractivity contribution in [2.45, 2.75) is 38.1 Å². The Morgan fingerprint density at radius 3 is 3.06 bits per heavy atom. The maximum absolute atomic E-state index is 5.35. The van der Waals surface area contributed by atoms with Crippen LogP contribution in [0.4, 0.5) is 0 Å². The predicted octanol–water partition coefficient (Wildman–Crippen LogP) is 2.72. The van der Waals surface area contributed by atoms with Crippen LogP contribution in [0.5, 0.6) is 5.75 Å². The average molecular weight is 231 g/mol. The number of hydrogen-bond acceptors (Lipinski definition) is 2. The summed E-state index contributed by atoms with van der Waals surface area (Å²) in [5.74, 6) is 2.64. The minimum absolute atomic E-state index is 0.754. The van der Waals surface area contributed by atoms with Crippen LogP contribution in [0.1, 0.15) is 36.8 Å². The molecule has 1 saturated carbocycles. The monoisotopic (exact) mass is 231 g/mol. The topological polar surface area (TPSA) is 21.3 Å². The predicted molar refractivity (Wildman–Crippen MR) is 69.6 cm³/mol. The number of hydrogen-bond donors (Lipinski definition) is 1. The maximum atomic E-state index is 5.35. The minimum Gasteiger partial charge on any atom is -0.497 e. The fourth-order valence-electron chi connectivity index (χ4n) is 3.56. The molecule has 0 spiro atoms. The first-order valence-electron chi connectivity index (χ1n) is 6.73. The van der Waals surface area contributed by atoms with E-state index in [4.69, 9.17) is 4.74 Å². The Balaban J connectivity index is 1.84. The van der Waals surface area contributed by atoms with Crippen molar-refractivity contribution in [3.05, 3.63) is 29.3 Å². The molecule has 1 N–H and O–H groups in total. The van der Waals surface area contributed by atoms with Crippen LogP contribution >= 0.6 is 0 Å². The summed E-state index contributed by atoms with van der Waals surface area (Å²) in [5, 5.41) is 3.61. The van der Waals surface area contributed by atoms with Crippen molar-refractivity contribution in [1.29, 1.82) is 0 Å². The molecule has 0 radical (unpaired) electrons. The summed E-state index contributed by atoms with van der Waals surface area (Å²) in [5.41, 5.74) is 3.09. The zero-order chi connectivity index (χ0) is 11.8. The molecule has 1 fully saturated rings. The molecule has 2 nitrogen and oxygen atoms in total. The van der Waals surface area contributed by atoms with Gasteiger partial charge in [0.25, 0.3) is 0 Å². The van der Waals surface area contributed by atoms with Gasteiger partial charge in [0.15, 0.2) is 0 Å². The van der Waals surface area contributed by atoms with Crippen molar-refractivity contribution in [3.63, 3.8) is 0 Å². The van der Waals surface area contributed by atoms with Crippen LogP contribution in [0.25, 0.3) is 0 Å². The highest BCUT2D eigenvalue weighted by Gasteiger charge is 2.43. The molecule has 0 saturated heterocycles. The van der Waals surface area contributed by atoms with Crippen molar-refractivity contribution in [1.82, 2.24) is 5.32 Å². The molecule has 17 heavy (non-hydrogen) atoms. The number of aryl methyl sites for hydroxylation is 1. The van der Waals surface area contributed by atoms with E-state index in [1.54, 1.807) is 18.2 Å². The lowest BCUT2D eigenvalue weighted by Crippen LogP contribution is -2.50. The molecule has 0 aromatic heterocycles. The summed E-state index contributed by atoms with van der Waals surface area (Å²) in [6.07, 6.45) is 3.89. The van der Waals surface area contributed by atoms with Crippen LogP contribution in [0.2, 0.25) is 0 Å². The second-order valence-corrected chi connectivity index (χ2v) is 5.27. The summed E-state index contributed by atoms with van der Waals surface area (Å²) in [7, 11) is 1.75. The van der Waals surface area contributed by atoms with Gasteiger partial charge in [0, 0.05) is 6.04 Å². The lowest BCUT2D eigenvalue weighted by Gasteiger charge is -2.49. The molecule has 0 heterocycles. The number of fused-ring (bicyclic) bond motifs is 3. The van der Waals surface area contributed by atoms with Crippen molar-refractivity contribution in [2.24, 2.45) is 5.92 Å². The Morgan fingerprint density at radius 2 is 2.29 bits per heavy atom. The van der Waals surface area contributed by atoms with Crippen LogP contribution < -0.4 is 10.1 Å². The highest BCUT2D eigenvalue weighted by atomic mass is 16.5. The first kappa shape index (κ1) is 11.1. The van der Waals surface area contributed by atoms with Crippen LogP contribution in [-0.4, -0.2) is 19.7 Å². The van der Waals surface area contributed by atoms with E-state index < -0.39 is 0 Å². The third kappa shape index (κ3) is 1.75. The first-order valence-corrected chi connectivity index (χ1v) is 6.73. The third-order valence-corrected chi connectivity index (χ3v) is 4.51. The van der Waals surface area contributed by atoms with Crippen LogP contribution in [0.15, 0.2) is 18.2 Å². The van der Waals surface area contributed by atoms with E-state index >= 15 is 0 Å². The van der Waals surface area contributed by atoms with Crippen LogP contribution in [0.3, 0.4) is 0 Å². The largest absolute Gasteiger partial charge is 0.497 e. The molecule has 92 valence electrons. The van der Waals surface area contributed by atoms with Crippen molar-refractivity contribution < 1.29 is 4.74 Å². The van der Waals surface area contributed by atoms with Gasteiger partial charge >= 0.3 is 0 Å². The molecule has 1 aromatic rings. The van der Waals surface area contributed by atoms with Gasteiger partial charge in [-0.15, -0.1) is 0 Å². The minimum atomic E-state index is 0.754. The van der Waals surface area contributed by atoms with Crippen molar-refractivity contribution >= 4 is 0 Å². The summed E-state index contributed by atoms with van der Waals surface area (Å²) < 4.78 is 5.35. The Labute approximate surface area is 103 Å². The fraction of sp³-hybridized carbons (Fsp3) is 0.600. The highest BCUT2D eigenvalue weighted by molar-refractivity contribution is 5.42. The lowest BCUT2D eigenvalue weighted by molar-refractivity contribution is 0.146. The number of nitrogens with one attached hydrogen (secondary N) is 1. The average Bonchev–Trinajstić information content (AvgIpc) is 2.34. The van der Waals surface area contributed by atoms with E-state index in [1.807, 2.05) is 0 Å². The summed E-state index contributed by atoms with van der Waals surface area (Å²) in [4.78, 5) is 0. The molecule has 3 unspecified atom stereocenters. The molecule has 0 amide bonds. The summed E-state index contributed by atoms with van der Waals surface area (Å²) in [6, 6.07) is 7.36. The lowest BCUT2D eigenvalue weighted by atomic mass is 9.60. The van der Waals surface area contributed by atoms with Gasteiger partial charge in [0.2, 0.25) is 0 Å². The van der Waals surface area contributed by atoms with Crippen molar-refractivity contribution in [2.75, 3.05) is 13.7 Å². The molecule has 2 heteroatoms. The van der Waals surface area contributed by atoms with E-state index in [1.165, 1.54) is 19.3 Å². The number of ether oxygens (including phenoxy) is 1. The normalized spacial score (nSPS) is 30.1. The number of benzene rings is 1. The number of rotatable bonds is 3. The summed E-state index contributed by atoms with van der Waals surface area (Å²) >= 11 is 0. The zero-order valence-electron chi connectivity index (χ0n) is 10.7. The molecule has 3 rings (SSSR count). The SMILES string of the molecule is CCNC1CC2c3cc(OC)ccc3CCC12. The quantitative estimate of drug-likeness (QED) is 0.863. The highest BCUT2D eigenvalue weighted by Crippen LogP contribution is 2.50. The van der Waals surface area contributed by atoms with Gasteiger partial charge in [0.1, 0.15) is 5.75 Å². The molecule has 1 aromatic carbocycles. The molecular formula is C15H21NO. The Kier molecular flexibility index (Phi) is 2.83. The van der Waals surface area contributed by atoms with E-state index in [0.717, 1.165) is 30.2 Å². The van der Waals surface area contributed by atoms with E-state index in [-0.39, 0.29) is 0 Å². The van der Waals surface area contributed by atoms with Gasteiger partial charge in [0.05, 0.1) is 7.11 Å².